The number of aliphatic hydroxyl groups is 1. The van der Waals surface area contributed by atoms with Crippen LogP contribution in [0.4, 0.5) is 0 Å². The molecule has 6 heteroatoms. The highest BCUT2D eigenvalue weighted by Gasteiger charge is 2.32. The summed E-state index contributed by atoms with van der Waals surface area (Å²) in [5, 5.41) is 8.89. The quantitative estimate of drug-likeness (QED) is 0.741. The minimum atomic E-state index is -3.04. The van der Waals surface area contributed by atoms with Crippen molar-refractivity contribution in [2.75, 3.05) is 45.1 Å². The zero-order chi connectivity index (χ0) is 12.3. The summed E-state index contributed by atoms with van der Waals surface area (Å²) in [4.78, 5) is 2.13. The summed E-state index contributed by atoms with van der Waals surface area (Å²) in [6.45, 7) is 3.64. The lowest BCUT2D eigenvalue weighted by atomic mass is 10.4. The molecule has 0 atom stereocenters. The maximum absolute atomic E-state index is 12.1. The second kappa shape index (κ2) is 5.65. The first-order chi connectivity index (χ1) is 8.12. The van der Waals surface area contributed by atoms with Crippen LogP contribution in [0.3, 0.4) is 0 Å². The molecule has 100 valence electrons. The summed E-state index contributed by atoms with van der Waals surface area (Å²) in [7, 11) is -3.04. The lowest BCUT2D eigenvalue weighted by Gasteiger charge is -2.21. The zero-order valence-electron chi connectivity index (χ0n) is 10.2. The van der Waals surface area contributed by atoms with Gasteiger partial charge in [-0.1, -0.05) is 0 Å². The van der Waals surface area contributed by atoms with Crippen molar-refractivity contribution in [1.29, 1.82) is 0 Å². The van der Waals surface area contributed by atoms with Crippen LogP contribution in [-0.2, 0) is 10.0 Å². The van der Waals surface area contributed by atoms with E-state index in [1.165, 1.54) is 0 Å². The number of nitrogens with zero attached hydrogens (tertiary/aromatic N) is 2. The standard InChI is InChI=1S/C11H22N2O3S/c14-9-8-12-4-1-5-13(7-6-12)17(15,16)10-11-2-3-11/h11,14H,1-10H2. The molecule has 1 saturated carbocycles. The predicted octanol–water partition coefficient (Wildman–Crippen LogP) is -0.274. The second-order valence-electron chi connectivity index (χ2n) is 5.04. The lowest BCUT2D eigenvalue weighted by Crippen LogP contribution is -2.37. The minimum absolute atomic E-state index is 0.148. The van der Waals surface area contributed by atoms with Gasteiger partial charge in [0.05, 0.1) is 12.4 Å². The number of aliphatic hydroxyl groups excluding tert-OH is 1. The Morgan fingerprint density at radius 1 is 1.12 bits per heavy atom. The molecule has 0 radical (unpaired) electrons. The van der Waals surface area contributed by atoms with Gasteiger partial charge in [0.25, 0.3) is 0 Å². The fraction of sp³-hybridized carbons (Fsp3) is 1.00. The van der Waals surface area contributed by atoms with Gasteiger partial charge in [0.2, 0.25) is 10.0 Å². The molecule has 1 aliphatic heterocycles. The Morgan fingerprint density at radius 3 is 2.53 bits per heavy atom. The Balaban J connectivity index is 1.88. The average Bonchev–Trinajstić information content (AvgIpc) is 3.05. The Morgan fingerprint density at radius 2 is 1.88 bits per heavy atom. The summed E-state index contributed by atoms with van der Waals surface area (Å²) in [5.74, 6) is 0.754. The van der Waals surface area contributed by atoms with Gasteiger partial charge in [-0.2, -0.15) is 0 Å². The molecule has 2 rings (SSSR count). The first kappa shape index (κ1) is 13.3. The third-order valence-electron chi connectivity index (χ3n) is 3.50. The predicted molar refractivity (Wildman–Crippen MR) is 66.2 cm³/mol. The van der Waals surface area contributed by atoms with Crippen molar-refractivity contribution < 1.29 is 13.5 Å². The van der Waals surface area contributed by atoms with E-state index in [-0.39, 0.29) is 6.61 Å². The van der Waals surface area contributed by atoms with Crippen LogP contribution in [0.25, 0.3) is 0 Å². The number of hydrogen-bond donors (Lipinski definition) is 1. The molecular formula is C11H22N2O3S. The van der Waals surface area contributed by atoms with Crippen LogP contribution in [0.5, 0.6) is 0 Å². The van der Waals surface area contributed by atoms with Gasteiger partial charge in [0.1, 0.15) is 0 Å². The monoisotopic (exact) mass is 262 g/mol. The molecule has 0 aromatic carbocycles. The molecule has 0 bridgehead atoms. The van der Waals surface area contributed by atoms with Crippen LogP contribution < -0.4 is 0 Å². The smallest absolute Gasteiger partial charge is 0.214 e. The lowest BCUT2D eigenvalue weighted by molar-refractivity contribution is 0.202. The van der Waals surface area contributed by atoms with Gasteiger partial charge >= 0.3 is 0 Å². The van der Waals surface area contributed by atoms with Gasteiger partial charge in [0.15, 0.2) is 0 Å². The van der Waals surface area contributed by atoms with Gasteiger partial charge in [-0.3, -0.25) is 4.90 Å². The van der Waals surface area contributed by atoms with Crippen molar-refractivity contribution >= 4 is 10.0 Å². The van der Waals surface area contributed by atoms with E-state index < -0.39 is 10.0 Å². The molecule has 0 aromatic heterocycles. The third-order valence-corrected chi connectivity index (χ3v) is 5.54. The zero-order valence-corrected chi connectivity index (χ0v) is 11.0. The maximum atomic E-state index is 12.1. The molecule has 17 heavy (non-hydrogen) atoms. The maximum Gasteiger partial charge on any atom is 0.214 e. The first-order valence-electron chi connectivity index (χ1n) is 6.43. The van der Waals surface area contributed by atoms with Gasteiger partial charge in [-0.25, -0.2) is 12.7 Å². The Kier molecular flexibility index (Phi) is 4.41. The van der Waals surface area contributed by atoms with Crippen LogP contribution >= 0.6 is 0 Å². The number of rotatable bonds is 5. The van der Waals surface area contributed by atoms with E-state index in [0.717, 1.165) is 32.4 Å². The van der Waals surface area contributed by atoms with E-state index >= 15 is 0 Å². The molecular weight excluding hydrogens is 240 g/mol. The molecule has 0 amide bonds. The van der Waals surface area contributed by atoms with Crippen LogP contribution in [0, 0.1) is 5.92 Å². The van der Waals surface area contributed by atoms with E-state index in [1.807, 2.05) is 0 Å². The van der Waals surface area contributed by atoms with Gasteiger partial charge < -0.3 is 5.11 Å². The molecule has 0 aromatic rings. The first-order valence-corrected chi connectivity index (χ1v) is 8.04. The molecule has 0 spiro atoms. The molecule has 2 fully saturated rings. The largest absolute Gasteiger partial charge is 0.395 e. The van der Waals surface area contributed by atoms with Crippen molar-refractivity contribution in [3.05, 3.63) is 0 Å². The van der Waals surface area contributed by atoms with Crippen LogP contribution in [0.1, 0.15) is 19.3 Å². The minimum Gasteiger partial charge on any atom is -0.395 e. The van der Waals surface area contributed by atoms with Crippen molar-refractivity contribution in [3.8, 4) is 0 Å². The second-order valence-corrected chi connectivity index (χ2v) is 7.05. The normalized spacial score (nSPS) is 24.8. The van der Waals surface area contributed by atoms with Gasteiger partial charge in [-0.05, 0) is 31.7 Å². The van der Waals surface area contributed by atoms with Crippen LogP contribution in [0.2, 0.25) is 0 Å². The number of sulfonamides is 1. The van der Waals surface area contributed by atoms with Crippen molar-refractivity contribution in [2.45, 2.75) is 19.3 Å². The molecule has 1 N–H and O–H groups in total. The Hall–Kier alpha value is -0.170. The molecule has 5 nitrogen and oxygen atoms in total. The summed E-state index contributed by atoms with van der Waals surface area (Å²) < 4.78 is 25.9. The highest BCUT2D eigenvalue weighted by molar-refractivity contribution is 7.89. The Labute approximate surface area is 103 Å². The summed E-state index contributed by atoms with van der Waals surface area (Å²) in [5.41, 5.74) is 0. The van der Waals surface area contributed by atoms with E-state index in [4.69, 9.17) is 5.11 Å². The topological polar surface area (TPSA) is 60.9 Å². The highest BCUT2D eigenvalue weighted by Crippen LogP contribution is 2.31. The van der Waals surface area contributed by atoms with Crippen molar-refractivity contribution in [1.82, 2.24) is 9.21 Å². The fourth-order valence-corrected chi connectivity index (χ4v) is 4.19. The SMILES string of the molecule is O=S(=O)(CC1CC1)N1CCCN(CCO)CC1. The summed E-state index contributed by atoms with van der Waals surface area (Å²) in [6.07, 6.45) is 3.01. The molecule has 0 unspecified atom stereocenters. The van der Waals surface area contributed by atoms with Crippen molar-refractivity contribution in [3.63, 3.8) is 0 Å². The molecule has 1 aliphatic carbocycles. The fourth-order valence-electron chi connectivity index (χ4n) is 2.28. The molecule has 1 heterocycles. The van der Waals surface area contributed by atoms with Crippen LogP contribution in [0.15, 0.2) is 0 Å². The molecule has 1 saturated heterocycles. The number of β-amino-alcohol motifs (C(OH)–C–C–N with tert-alkyl or cyclic N) is 1. The third kappa shape index (κ3) is 3.91. The van der Waals surface area contributed by atoms with Crippen LogP contribution in [-0.4, -0.2) is 67.8 Å². The van der Waals surface area contributed by atoms with E-state index in [1.54, 1.807) is 4.31 Å². The van der Waals surface area contributed by atoms with E-state index in [2.05, 4.69) is 4.90 Å². The summed E-state index contributed by atoms with van der Waals surface area (Å²) in [6, 6.07) is 0. The summed E-state index contributed by atoms with van der Waals surface area (Å²) >= 11 is 0. The van der Waals surface area contributed by atoms with E-state index in [0.29, 0.717) is 31.3 Å². The van der Waals surface area contributed by atoms with E-state index in [9.17, 15) is 8.42 Å². The number of hydrogen-bond acceptors (Lipinski definition) is 4. The van der Waals surface area contributed by atoms with Crippen molar-refractivity contribution in [2.24, 2.45) is 5.92 Å². The average molecular weight is 262 g/mol. The Bertz CT molecular complexity index is 341. The van der Waals surface area contributed by atoms with Gasteiger partial charge in [0, 0.05) is 26.2 Å². The van der Waals surface area contributed by atoms with Gasteiger partial charge in [-0.15, -0.1) is 0 Å². The highest BCUT2D eigenvalue weighted by atomic mass is 32.2. The molecule has 2 aliphatic rings.